The molecule has 2 heterocycles. The third kappa shape index (κ3) is 1.71. The number of rotatable bonds is 2. The molecule has 0 fully saturated rings. The molecule has 0 unspecified atom stereocenters. The predicted molar refractivity (Wildman–Crippen MR) is 55.3 cm³/mol. The molecule has 2 aromatic rings. The summed E-state index contributed by atoms with van der Waals surface area (Å²) in [6.45, 7) is 0. The molecule has 0 aromatic carbocycles. The lowest BCUT2D eigenvalue weighted by molar-refractivity contribution is 0.103. The summed E-state index contributed by atoms with van der Waals surface area (Å²) in [4.78, 5) is 15.8. The lowest BCUT2D eigenvalue weighted by Gasteiger charge is -1.99. The standard InChI is InChI=1S/C10H10N4O/c1-14-6-4-8(13-14)10(15)9-7(11)3-2-5-12-9/h2-6H,11H2,1H3. The van der Waals surface area contributed by atoms with Crippen molar-refractivity contribution in [3.05, 3.63) is 42.0 Å². The molecule has 0 bridgehead atoms. The lowest BCUT2D eigenvalue weighted by Crippen LogP contribution is -2.08. The first kappa shape index (κ1) is 9.39. The zero-order chi connectivity index (χ0) is 10.8. The minimum absolute atomic E-state index is 0.246. The molecule has 0 aliphatic rings. The Morgan fingerprint density at radius 3 is 2.87 bits per heavy atom. The maximum Gasteiger partial charge on any atom is 0.233 e. The number of carbonyl (C=O) groups is 1. The SMILES string of the molecule is Cn1ccc(C(=O)c2ncccc2N)n1. The number of aromatic nitrogens is 3. The van der Waals surface area contributed by atoms with Crippen LogP contribution in [0.4, 0.5) is 5.69 Å². The van der Waals surface area contributed by atoms with E-state index in [0.717, 1.165) is 0 Å². The molecule has 5 nitrogen and oxygen atoms in total. The maximum atomic E-state index is 11.9. The van der Waals surface area contributed by atoms with E-state index < -0.39 is 0 Å². The average Bonchev–Trinajstić information content (AvgIpc) is 2.65. The number of hydrogen-bond donors (Lipinski definition) is 1. The van der Waals surface area contributed by atoms with Crippen molar-refractivity contribution in [1.82, 2.24) is 14.8 Å². The Kier molecular flexibility index (Phi) is 2.21. The van der Waals surface area contributed by atoms with E-state index in [1.165, 1.54) is 6.20 Å². The molecule has 0 aliphatic carbocycles. The molecule has 76 valence electrons. The summed E-state index contributed by atoms with van der Waals surface area (Å²) in [6.07, 6.45) is 3.24. The second-order valence-electron chi connectivity index (χ2n) is 3.15. The highest BCUT2D eigenvalue weighted by atomic mass is 16.1. The number of hydrogen-bond acceptors (Lipinski definition) is 4. The van der Waals surface area contributed by atoms with Gasteiger partial charge in [0, 0.05) is 19.4 Å². The van der Waals surface area contributed by atoms with E-state index in [4.69, 9.17) is 5.73 Å². The van der Waals surface area contributed by atoms with Gasteiger partial charge in [-0.05, 0) is 18.2 Å². The van der Waals surface area contributed by atoms with Crippen molar-refractivity contribution >= 4 is 11.5 Å². The van der Waals surface area contributed by atoms with E-state index in [1.54, 1.807) is 36.1 Å². The van der Waals surface area contributed by atoms with E-state index in [1.807, 2.05) is 0 Å². The van der Waals surface area contributed by atoms with Gasteiger partial charge < -0.3 is 5.73 Å². The molecule has 0 amide bonds. The third-order valence-corrected chi connectivity index (χ3v) is 2.00. The van der Waals surface area contributed by atoms with Crippen molar-refractivity contribution in [3.8, 4) is 0 Å². The second-order valence-corrected chi connectivity index (χ2v) is 3.15. The van der Waals surface area contributed by atoms with Crippen LogP contribution in [-0.2, 0) is 7.05 Å². The molecule has 0 spiro atoms. The van der Waals surface area contributed by atoms with Crippen molar-refractivity contribution < 1.29 is 4.79 Å². The number of nitrogens with zero attached hydrogens (tertiary/aromatic N) is 3. The normalized spacial score (nSPS) is 10.2. The third-order valence-electron chi connectivity index (χ3n) is 2.00. The predicted octanol–water partition coefficient (Wildman–Crippen LogP) is 0.628. The summed E-state index contributed by atoms with van der Waals surface area (Å²) in [5.74, 6) is -0.256. The van der Waals surface area contributed by atoms with Crippen molar-refractivity contribution in [3.63, 3.8) is 0 Å². The Bertz CT molecular complexity index is 504. The van der Waals surface area contributed by atoms with Crippen LogP contribution in [0.5, 0.6) is 0 Å². The molecule has 0 saturated carbocycles. The van der Waals surface area contributed by atoms with Crippen LogP contribution in [0.1, 0.15) is 16.2 Å². The molecule has 2 aromatic heterocycles. The number of nitrogens with two attached hydrogens (primary N) is 1. The monoisotopic (exact) mass is 202 g/mol. The van der Waals surface area contributed by atoms with E-state index in [9.17, 15) is 4.79 Å². The Morgan fingerprint density at radius 2 is 2.27 bits per heavy atom. The van der Waals surface area contributed by atoms with Gasteiger partial charge in [-0.3, -0.25) is 14.5 Å². The topological polar surface area (TPSA) is 73.8 Å². The fraction of sp³-hybridized carbons (Fsp3) is 0.100. The maximum absolute atomic E-state index is 11.9. The first-order valence-corrected chi connectivity index (χ1v) is 4.43. The summed E-state index contributed by atoms with van der Waals surface area (Å²) in [7, 11) is 1.75. The fourth-order valence-corrected chi connectivity index (χ4v) is 1.26. The minimum atomic E-state index is -0.256. The van der Waals surface area contributed by atoms with Crippen molar-refractivity contribution in [2.45, 2.75) is 0 Å². The highest BCUT2D eigenvalue weighted by Crippen LogP contribution is 2.11. The molecule has 0 radical (unpaired) electrons. The zero-order valence-electron chi connectivity index (χ0n) is 8.21. The van der Waals surface area contributed by atoms with Crippen LogP contribution < -0.4 is 5.73 Å². The molecule has 5 heteroatoms. The quantitative estimate of drug-likeness (QED) is 0.725. The van der Waals surface area contributed by atoms with Gasteiger partial charge in [0.15, 0.2) is 0 Å². The van der Waals surface area contributed by atoms with Gasteiger partial charge in [0.2, 0.25) is 5.78 Å². The molecular formula is C10H10N4O. The highest BCUT2D eigenvalue weighted by molar-refractivity contribution is 6.09. The van der Waals surface area contributed by atoms with E-state index in [0.29, 0.717) is 11.4 Å². The minimum Gasteiger partial charge on any atom is -0.397 e. The van der Waals surface area contributed by atoms with E-state index >= 15 is 0 Å². The molecule has 2 N–H and O–H groups in total. The van der Waals surface area contributed by atoms with Gasteiger partial charge in [-0.25, -0.2) is 0 Å². The van der Waals surface area contributed by atoms with Gasteiger partial charge in [-0.1, -0.05) is 0 Å². The summed E-state index contributed by atoms with van der Waals surface area (Å²) >= 11 is 0. The smallest absolute Gasteiger partial charge is 0.233 e. The van der Waals surface area contributed by atoms with Crippen LogP contribution in [0, 0.1) is 0 Å². The summed E-state index contributed by atoms with van der Waals surface area (Å²) in [5.41, 5.74) is 6.61. The van der Waals surface area contributed by atoms with Crippen molar-refractivity contribution in [2.75, 3.05) is 5.73 Å². The number of aryl methyl sites for hydroxylation is 1. The second kappa shape index (κ2) is 3.53. The molecular weight excluding hydrogens is 192 g/mol. The number of nitrogen functional groups attached to an aromatic ring is 1. The van der Waals surface area contributed by atoms with Gasteiger partial charge in [-0.15, -0.1) is 0 Å². The van der Waals surface area contributed by atoms with Gasteiger partial charge in [0.25, 0.3) is 0 Å². The summed E-state index contributed by atoms with van der Waals surface area (Å²) in [5, 5.41) is 4.00. The van der Waals surface area contributed by atoms with Crippen LogP contribution in [0.2, 0.25) is 0 Å². The lowest BCUT2D eigenvalue weighted by atomic mass is 10.2. The first-order valence-electron chi connectivity index (χ1n) is 4.43. The van der Waals surface area contributed by atoms with E-state index in [-0.39, 0.29) is 11.5 Å². The highest BCUT2D eigenvalue weighted by Gasteiger charge is 2.15. The molecule has 0 aliphatic heterocycles. The van der Waals surface area contributed by atoms with Crippen LogP contribution in [0.15, 0.2) is 30.6 Å². The van der Waals surface area contributed by atoms with Gasteiger partial charge in [0.1, 0.15) is 11.4 Å². The largest absolute Gasteiger partial charge is 0.397 e. The zero-order valence-corrected chi connectivity index (χ0v) is 8.21. The Labute approximate surface area is 86.5 Å². The van der Waals surface area contributed by atoms with E-state index in [2.05, 4.69) is 10.1 Å². The number of ketones is 1. The molecule has 15 heavy (non-hydrogen) atoms. The Morgan fingerprint density at radius 1 is 1.47 bits per heavy atom. The molecule has 0 atom stereocenters. The summed E-state index contributed by atoms with van der Waals surface area (Å²) in [6, 6.07) is 4.96. The molecule has 0 saturated heterocycles. The number of carbonyl (C=O) groups excluding carboxylic acids is 1. The van der Waals surface area contributed by atoms with Gasteiger partial charge in [-0.2, -0.15) is 5.10 Å². The van der Waals surface area contributed by atoms with Gasteiger partial charge in [0.05, 0.1) is 5.69 Å². The average molecular weight is 202 g/mol. The summed E-state index contributed by atoms with van der Waals surface area (Å²) < 4.78 is 1.56. The number of anilines is 1. The first-order chi connectivity index (χ1) is 7.18. The Hall–Kier alpha value is -2.17. The fourth-order valence-electron chi connectivity index (χ4n) is 1.26. The van der Waals surface area contributed by atoms with Crippen LogP contribution in [0.25, 0.3) is 0 Å². The molecule has 2 rings (SSSR count). The Balaban J connectivity index is 2.41. The van der Waals surface area contributed by atoms with Gasteiger partial charge >= 0.3 is 0 Å². The number of pyridine rings is 1. The van der Waals surface area contributed by atoms with Crippen molar-refractivity contribution in [2.24, 2.45) is 7.05 Å². The van der Waals surface area contributed by atoms with Crippen LogP contribution in [-0.4, -0.2) is 20.5 Å². The van der Waals surface area contributed by atoms with Crippen molar-refractivity contribution in [1.29, 1.82) is 0 Å². The van der Waals surface area contributed by atoms with Crippen LogP contribution >= 0.6 is 0 Å². The van der Waals surface area contributed by atoms with Crippen LogP contribution in [0.3, 0.4) is 0 Å².